The van der Waals surface area contributed by atoms with Crippen LogP contribution in [0.25, 0.3) is 0 Å². The number of halogens is 3. The Morgan fingerprint density at radius 3 is 2.17 bits per heavy atom. The molecule has 0 atom stereocenters. The van der Waals surface area contributed by atoms with Gasteiger partial charge in [-0.25, -0.2) is 8.78 Å². The molecule has 0 aromatic heterocycles. The summed E-state index contributed by atoms with van der Waals surface area (Å²) in [5.41, 5.74) is 1.21. The molecule has 0 radical (unpaired) electrons. The normalized spacial score (nSPS) is 24.7. The maximum atomic E-state index is 14.8. The number of hydrogen-bond donors (Lipinski definition) is 0. The monoisotopic (exact) mass is 486 g/mol. The quantitative estimate of drug-likeness (QED) is 0.261. The van der Waals surface area contributed by atoms with Gasteiger partial charge in [-0.15, -0.1) is 6.58 Å². The zero-order valence-corrected chi connectivity index (χ0v) is 20.7. The van der Waals surface area contributed by atoms with Crippen LogP contribution in [0.3, 0.4) is 0 Å². The van der Waals surface area contributed by atoms with Crippen LogP contribution in [0.15, 0.2) is 43.0 Å². The number of hydrogen-bond acceptors (Lipinski definition) is 2. The van der Waals surface area contributed by atoms with E-state index in [0.717, 1.165) is 63.4 Å². The third kappa shape index (κ3) is 6.42. The Morgan fingerprint density at radius 2 is 1.49 bits per heavy atom. The summed E-state index contributed by atoms with van der Waals surface area (Å²) >= 11 is 0. The highest BCUT2D eigenvalue weighted by Crippen LogP contribution is 2.40. The van der Waals surface area contributed by atoms with Crippen molar-refractivity contribution < 1.29 is 22.6 Å². The van der Waals surface area contributed by atoms with E-state index in [2.05, 4.69) is 13.5 Å². The van der Waals surface area contributed by atoms with Crippen molar-refractivity contribution >= 4 is 0 Å². The molecule has 0 amide bonds. The van der Waals surface area contributed by atoms with Crippen molar-refractivity contribution in [3.05, 3.63) is 71.6 Å². The molecule has 35 heavy (non-hydrogen) atoms. The molecule has 0 spiro atoms. The van der Waals surface area contributed by atoms with E-state index in [0.29, 0.717) is 30.4 Å². The molecule has 0 unspecified atom stereocenters. The highest BCUT2D eigenvalue weighted by Gasteiger charge is 2.27. The smallest absolute Gasteiger partial charge is 0.200 e. The third-order valence-electron chi connectivity index (χ3n) is 7.86. The van der Waals surface area contributed by atoms with Crippen LogP contribution in [-0.2, 0) is 0 Å². The van der Waals surface area contributed by atoms with Gasteiger partial charge in [-0.05, 0) is 91.9 Å². The van der Waals surface area contributed by atoms with Gasteiger partial charge in [-0.2, -0.15) is 4.39 Å². The van der Waals surface area contributed by atoms with Crippen LogP contribution in [0, 0.1) is 29.3 Å². The minimum atomic E-state index is -0.868. The van der Waals surface area contributed by atoms with E-state index < -0.39 is 11.6 Å². The van der Waals surface area contributed by atoms with Gasteiger partial charge < -0.3 is 9.47 Å². The molecular formula is C30H37F3O2. The lowest BCUT2D eigenvalue weighted by atomic mass is 9.79. The molecule has 2 saturated carbocycles. The fraction of sp³-hybridized carbons (Fsp3) is 0.533. The maximum Gasteiger partial charge on any atom is 0.200 e. The van der Waals surface area contributed by atoms with E-state index in [1.165, 1.54) is 6.07 Å². The Labute approximate surface area is 207 Å². The van der Waals surface area contributed by atoms with Crippen LogP contribution in [-0.4, -0.2) is 13.2 Å². The Morgan fingerprint density at radius 1 is 0.829 bits per heavy atom. The molecule has 5 heteroatoms. The summed E-state index contributed by atoms with van der Waals surface area (Å²) < 4.78 is 55.5. The minimum Gasteiger partial charge on any atom is -0.493 e. The largest absolute Gasteiger partial charge is 0.493 e. The predicted molar refractivity (Wildman–Crippen MR) is 134 cm³/mol. The standard InChI is InChI=1S/C30H37F3O2/c1-3-4-17-34-24-13-14-25(27(31)18-24)22-11-7-21(8-12-22)19-35-28-16-15-26(29(32)30(28)33)23-9-5-20(2)6-10-23/h3,13-16,18,20-23H,1,4-12,17,19H2,2H3. The average Bonchev–Trinajstić information content (AvgIpc) is 2.86. The molecule has 2 nitrogen and oxygen atoms in total. The van der Waals surface area contributed by atoms with E-state index in [1.807, 2.05) is 12.1 Å². The molecule has 0 heterocycles. The summed E-state index contributed by atoms with van der Waals surface area (Å²) in [4.78, 5) is 0. The van der Waals surface area contributed by atoms with Gasteiger partial charge >= 0.3 is 0 Å². The van der Waals surface area contributed by atoms with Crippen LogP contribution >= 0.6 is 0 Å². The summed E-state index contributed by atoms with van der Waals surface area (Å²) in [6.07, 6.45) is 9.84. The van der Waals surface area contributed by atoms with Gasteiger partial charge in [0.1, 0.15) is 11.6 Å². The lowest BCUT2D eigenvalue weighted by Crippen LogP contribution is -2.20. The Bertz CT molecular complexity index is 989. The van der Waals surface area contributed by atoms with Crippen molar-refractivity contribution in [1.29, 1.82) is 0 Å². The first kappa shape index (κ1) is 25.7. The van der Waals surface area contributed by atoms with Gasteiger partial charge in [0.2, 0.25) is 5.82 Å². The highest BCUT2D eigenvalue weighted by atomic mass is 19.2. The molecule has 4 rings (SSSR count). The molecule has 2 aliphatic carbocycles. The fourth-order valence-corrected chi connectivity index (χ4v) is 5.58. The first-order valence-electron chi connectivity index (χ1n) is 13.1. The molecule has 2 aromatic rings. The molecule has 0 bridgehead atoms. The molecule has 2 aromatic carbocycles. The maximum absolute atomic E-state index is 14.8. The van der Waals surface area contributed by atoms with Crippen molar-refractivity contribution in [3.63, 3.8) is 0 Å². The van der Waals surface area contributed by atoms with Crippen LogP contribution in [0.4, 0.5) is 13.2 Å². The molecule has 190 valence electrons. The molecule has 2 aliphatic rings. The Balaban J connectivity index is 1.28. The summed E-state index contributed by atoms with van der Waals surface area (Å²) in [6, 6.07) is 8.41. The number of ether oxygens (including phenoxy) is 2. The van der Waals surface area contributed by atoms with E-state index >= 15 is 0 Å². The average molecular weight is 487 g/mol. The molecule has 0 aliphatic heterocycles. The van der Waals surface area contributed by atoms with Crippen molar-refractivity contribution in [2.24, 2.45) is 11.8 Å². The van der Waals surface area contributed by atoms with Crippen molar-refractivity contribution in [2.45, 2.75) is 76.5 Å². The van der Waals surface area contributed by atoms with Gasteiger partial charge in [0, 0.05) is 6.07 Å². The Hall–Kier alpha value is -2.43. The summed E-state index contributed by atoms with van der Waals surface area (Å²) in [5, 5.41) is 0. The van der Waals surface area contributed by atoms with Crippen LogP contribution in [0.1, 0.15) is 87.7 Å². The lowest BCUT2D eigenvalue weighted by Gasteiger charge is -2.29. The predicted octanol–water partition coefficient (Wildman–Crippen LogP) is 8.71. The summed E-state index contributed by atoms with van der Waals surface area (Å²) in [6.45, 7) is 6.70. The Kier molecular flexibility index (Phi) is 8.80. The number of rotatable bonds is 9. The van der Waals surface area contributed by atoms with Gasteiger partial charge in [-0.1, -0.05) is 38.0 Å². The zero-order valence-electron chi connectivity index (χ0n) is 20.7. The fourth-order valence-electron chi connectivity index (χ4n) is 5.58. The second-order valence-electron chi connectivity index (χ2n) is 10.4. The molecule has 0 N–H and O–H groups in total. The van der Waals surface area contributed by atoms with Gasteiger partial charge in [0.25, 0.3) is 0 Å². The zero-order chi connectivity index (χ0) is 24.8. The first-order valence-corrected chi connectivity index (χ1v) is 13.1. The van der Waals surface area contributed by atoms with Crippen molar-refractivity contribution in [1.82, 2.24) is 0 Å². The minimum absolute atomic E-state index is 0.00404. The van der Waals surface area contributed by atoms with Gasteiger partial charge in [-0.3, -0.25) is 0 Å². The van der Waals surface area contributed by atoms with Gasteiger partial charge in [0.15, 0.2) is 11.6 Å². The SMILES string of the molecule is C=CCCOc1ccc(C2CCC(COc3ccc(C4CCC(C)CC4)c(F)c3F)CC2)c(F)c1. The topological polar surface area (TPSA) is 18.5 Å². The van der Waals surface area contributed by atoms with E-state index in [9.17, 15) is 13.2 Å². The molecule has 0 saturated heterocycles. The van der Waals surface area contributed by atoms with Crippen LogP contribution < -0.4 is 9.47 Å². The third-order valence-corrected chi connectivity index (χ3v) is 7.86. The van der Waals surface area contributed by atoms with Crippen LogP contribution in [0.2, 0.25) is 0 Å². The second-order valence-corrected chi connectivity index (χ2v) is 10.4. The summed E-state index contributed by atoms with van der Waals surface area (Å²) in [5.74, 6) is -0.161. The lowest BCUT2D eigenvalue weighted by molar-refractivity contribution is 0.191. The summed E-state index contributed by atoms with van der Waals surface area (Å²) in [7, 11) is 0. The van der Waals surface area contributed by atoms with Crippen molar-refractivity contribution in [2.75, 3.05) is 13.2 Å². The van der Waals surface area contributed by atoms with Crippen molar-refractivity contribution in [3.8, 4) is 11.5 Å². The van der Waals surface area contributed by atoms with Crippen LogP contribution in [0.5, 0.6) is 11.5 Å². The van der Waals surface area contributed by atoms with E-state index in [-0.39, 0.29) is 29.3 Å². The molecule has 2 fully saturated rings. The highest BCUT2D eigenvalue weighted by molar-refractivity contribution is 5.34. The van der Waals surface area contributed by atoms with E-state index in [4.69, 9.17) is 9.47 Å². The van der Waals surface area contributed by atoms with Gasteiger partial charge in [0.05, 0.1) is 13.2 Å². The first-order chi connectivity index (χ1) is 17.0. The van der Waals surface area contributed by atoms with E-state index in [1.54, 1.807) is 18.2 Å². The number of benzene rings is 2. The molecular weight excluding hydrogens is 449 g/mol. The second kappa shape index (κ2) is 12.0.